The summed E-state index contributed by atoms with van der Waals surface area (Å²) < 4.78 is 0. The van der Waals surface area contributed by atoms with Crippen LogP contribution in [0.5, 0.6) is 0 Å². The van der Waals surface area contributed by atoms with E-state index in [4.69, 9.17) is 0 Å². The largest absolute Gasteiger partial charge is 0.340 e. The Morgan fingerprint density at radius 2 is 1.73 bits per heavy atom. The molecule has 22 heavy (non-hydrogen) atoms. The van der Waals surface area contributed by atoms with Gasteiger partial charge >= 0.3 is 0 Å². The van der Waals surface area contributed by atoms with Gasteiger partial charge in [-0.2, -0.15) is 0 Å². The summed E-state index contributed by atoms with van der Waals surface area (Å²) >= 11 is 0. The number of nitrogens with zero attached hydrogens (tertiary/aromatic N) is 2. The SMILES string of the molecule is CC(=O)Nc1ccc(Nc2ncnc3c(C)cccc23)cc1. The lowest BCUT2D eigenvalue weighted by atomic mass is 10.1. The molecule has 0 saturated carbocycles. The highest BCUT2D eigenvalue weighted by molar-refractivity contribution is 5.92. The normalized spacial score (nSPS) is 10.5. The van der Waals surface area contributed by atoms with E-state index in [2.05, 4.69) is 20.6 Å². The van der Waals surface area contributed by atoms with Crippen molar-refractivity contribution in [3.63, 3.8) is 0 Å². The summed E-state index contributed by atoms with van der Waals surface area (Å²) in [7, 11) is 0. The van der Waals surface area contributed by atoms with Crippen LogP contribution in [0, 0.1) is 6.92 Å². The fraction of sp³-hybridized carbons (Fsp3) is 0.118. The molecule has 3 rings (SSSR count). The molecule has 3 aromatic rings. The predicted molar refractivity (Wildman–Crippen MR) is 88.3 cm³/mol. The first-order chi connectivity index (χ1) is 10.6. The van der Waals surface area contributed by atoms with Crippen LogP contribution in [-0.4, -0.2) is 15.9 Å². The Labute approximate surface area is 128 Å². The third-order valence-electron chi connectivity index (χ3n) is 3.33. The van der Waals surface area contributed by atoms with E-state index < -0.39 is 0 Å². The zero-order valence-electron chi connectivity index (χ0n) is 12.4. The van der Waals surface area contributed by atoms with Gasteiger partial charge in [-0.3, -0.25) is 4.79 Å². The molecule has 1 aromatic heterocycles. The zero-order valence-corrected chi connectivity index (χ0v) is 12.4. The van der Waals surface area contributed by atoms with Crippen molar-refractivity contribution in [3.05, 3.63) is 54.4 Å². The summed E-state index contributed by atoms with van der Waals surface area (Å²) in [5.41, 5.74) is 3.72. The molecule has 0 unspecified atom stereocenters. The van der Waals surface area contributed by atoms with E-state index in [-0.39, 0.29) is 5.91 Å². The van der Waals surface area contributed by atoms with E-state index in [0.29, 0.717) is 0 Å². The second-order valence-corrected chi connectivity index (χ2v) is 5.08. The molecule has 0 spiro atoms. The maximum absolute atomic E-state index is 11.0. The van der Waals surface area contributed by atoms with Crippen LogP contribution in [0.15, 0.2) is 48.8 Å². The first kappa shape index (κ1) is 14.0. The van der Waals surface area contributed by atoms with Crippen molar-refractivity contribution in [2.45, 2.75) is 13.8 Å². The molecule has 0 saturated heterocycles. The number of fused-ring (bicyclic) bond motifs is 1. The summed E-state index contributed by atoms with van der Waals surface area (Å²) in [5, 5.41) is 7.01. The first-order valence-corrected chi connectivity index (χ1v) is 6.98. The van der Waals surface area contributed by atoms with Gasteiger partial charge in [0.15, 0.2) is 0 Å². The molecule has 0 radical (unpaired) electrons. The number of hydrogen-bond acceptors (Lipinski definition) is 4. The Morgan fingerprint density at radius 3 is 2.45 bits per heavy atom. The molecule has 1 heterocycles. The number of aromatic nitrogens is 2. The Bertz CT molecular complexity index is 828. The van der Waals surface area contributed by atoms with Gasteiger partial charge in [-0.05, 0) is 42.8 Å². The average Bonchev–Trinajstić information content (AvgIpc) is 2.50. The van der Waals surface area contributed by atoms with Gasteiger partial charge in [-0.15, -0.1) is 0 Å². The standard InChI is InChI=1S/C17H16N4O/c1-11-4-3-5-15-16(11)18-10-19-17(15)21-14-8-6-13(7-9-14)20-12(2)22/h3-10H,1-2H3,(H,20,22)(H,18,19,21). The summed E-state index contributed by atoms with van der Waals surface area (Å²) in [5.74, 6) is 0.680. The van der Waals surface area contributed by atoms with Crippen molar-refractivity contribution in [2.75, 3.05) is 10.6 Å². The van der Waals surface area contributed by atoms with E-state index in [1.165, 1.54) is 6.92 Å². The van der Waals surface area contributed by atoms with Gasteiger partial charge in [-0.1, -0.05) is 12.1 Å². The maximum Gasteiger partial charge on any atom is 0.221 e. The van der Waals surface area contributed by atoms with Gasteiger partial charge in [0.05, 0.1) is 5.52 Å². The fourth-order valence-corrected chi connectivity index (χ4v) is 2.31. The van der Waals surface area contributed by atoms with Crippen LogP contribution in [0.1, 0.15) is 12.5 Å². The number of amides is 1. The number of anilines is 3. The molecule has 0 fully saturated rings. The molecule has 1 amide bonds. The van der Waals surface area contributed by atoms with Crippen molar-refractivity contribution < 1.29 is 4.79 Å². The van der Waals surface area contributed by atoms with Gasteiger partial charge in [0, 0.05) is 23.7 Å². The highest BCUT2D eigenvalue weighted by Crippen LogP contribution is 2.25. The van der Waals surface area contributed by atoms with Crippen LogP contribution in [-0.2, 0) is 4.79 Å². The number of rotatable bonds is 3. The lowest BCUT2D eigenvalue weighted by Gasteiger charge is -2.10. The molecule has 0 aliphatic heterocycles. The van der Waals surface area contributed by atoms with E-state index in [9.17, 15) is 4.79 Å². The second kappa shape index (κ2) is 5.81. The van der Waals surface area contributed by atoms with Crippen molar-refractivity contribution >= 4 is 34.0 Å². The number of aryl methyl sites for hydroxylation is 1. The molecule has 5 nitrogen and oxygen atoms in total. The molecule has 0 bridgehead atoms. The van der Waals surface area contributed by atoms with Crippen LogP contribution in [0.25, 0.3) is 10.9 Å². The summed E-state index contributed by atoms with van der Waals surface area (Å²) in [4.78, 5) is 19.7. The lowest BCUT2D eigenvalue weighted by Crippen LogP contribution is -2.05. The minimum Gasteiger partial charge on any atom is -0.340 e. The topological polar surface area (TPSA) is 66.9 Å². The van der Waals surface area contributed by atoms with Gasteiger partial charge in [0.25, 0.3) is 0 Å². The number of benzene rings is 2. The van der Waals surface area contributed by atoms with Crippen LogP contribution in [0.2, 0.25) is 0 Å². The predicted octanol–water partition coefficient (Wildman–Crippen LogP) is 3.64. The van der Waals surface area contributed by atoms with E-state index >= 15 is 0 Å². The molecule has 5 heteroatoms. The molecule has 0 atom stereocenters. The maximum atomic E-state index is 11.0. The van der Waals surface area contributed by atoms with Gasteiger partial charge in [-0.25, -0.2) is 9.97 Å². The monoisotopic (exact) mass is 292 g/mol. The molecule has 0 aliphatic rings. The Morgan fingerprint density at radius 1 is 1.00 bits per heavy atom. The van der Waals surface area contributed by atoms with Gasteiger partial charge in [0.2, 0.25) is 5.91 Å². The summed E-state index contributed by atoms with van der Waals surface area (Å²) in [6.45, 7) is 3.52. The highest BCUT2D eigenvalue weighted by atomic mass is 16.1. The quantitative estimate of drug-likeness (QED) is 0.773. The number of carbonyl (C=O) groups excluding carboxylic acids is 1. The fourth-order valence-electron chi connectivity index (χ4n) is 2.31. The number of hydrogen-bond donors (Lipinski definition) is 2. The zero-order chi connectivity index (χ0) is 15.5. The Hall–Kier alpha value is -2.95. The van der Waals surface area contributed by atoms with E-state index in [1.54, 1.807) is 6.33 Å². The number of para-hydroxylation sites is 1. The van der Waals surface area contributed by atoms with Crippen LogP contribution >= 0.6 is 0 Å². The van der Waals surface area contributed by atoms with Crippen molar-refractivity contribution in [3.8, 4) is 0 Å². The van der Waals surface area contributed by atoms with Crippen LogP contribution in [0.4, 0.5) is 17.2 Å². The van der Waals surface area contributed by atoms with Crippen LogP contribution in [0.3, 0.4) is 0 Å². The Balaban J connectivity index is 1.90. The highest BCUT2D eigenvalue weighted by Gasteiger charge is 2.05. The minimum absolute atomic E-state index is 0.0852. The third kappa shape index (κ3) is 2.88. The van der Waals surface area contributed by atoms with Crippen molar-refractivity contribution in [1.29, 1.82) is 0 Å². The second-order valence-electron chi connectivity index (χ2n) is 5.08. The van der Waals surface area contributed by atoms with Crippen molar-refractivity contribution in [1.82, 2.24) is 9.97 Å². The van der Waals surface area contributed by atoms with Gasteiger partial charge in [0.1, 0.15) is 12.1 Å². The van der Waals surface area contributed by atoms with Gasteiger partial charge < -0.3 is 10.6 Å². The molecule has 2 aromatic carbocycles. The van der Waals surface area contributed by atoms with E-state index in [1.807, 2.05) is 49.4 Å². The smallest absolute Gasteiger partial charge is 0.221 e. The number of carbonyl (C=O) groups is 1. The van der Waals surface area contributed by atoms with E-state index in [0.717, 1.165) is 33.7 Å². The summed E-state index contributed by atoms with van der Waals surface area (Å²) in [6.07, 6.45) is 1.56. The molecule has 2 N–H and O–H groups in total. The number of nitrogens with one attached hydrogen (secondary N) is 2. The minimum atomic E-state index is -0.0852. The lowest BCUT2D eigenvalue weighted by molar-refractivity contribution is -0.114. The Kier molecular flexibility index (Phi) is 3.70. The summed E-state index contributed by atoms with van der Waals surface area (Å²) in [6, 6.07) is 13.5. The average molecular weight is 292 g/mol. The van der Waals surface area contributed by atoms with Crippen LogP contribution < -0.4 is 10.6 Å². The third-order valence-corrected chi connectivity index (χ3v) is 3.33. The first-order valence-electron chi connectivity index (χ1n) is 6.98. The molecule has 0 aliphatic carbocycles. The molecular formula is C17H16N4O. The molecular weight excluding hydrogens is 276 g/mol. The van der Waals surface area contributed by atoms with Crippen molar-refractivity contribution in [2.24, 2.45) is 0 Å². The molecule has 110 valence electrons.